The number of ether oxygens (including phenoxy) is 1. The molecule has 0 aromatic heterocycles. The van der Waals surface area contributed by atoms with Crippen LogP contribution in [0, 0.1) is 6.92 Å². The monoisotopic (exact) mass is 473 g/mol. The molecule has 3 aromatic rings. The van der Waals surface area contributed by atoms with Crippen LogP contribution in [0.5, 0.6) is 11.5 Å². The van der Waals surface area contributed by atoms with E-state index >= 15 is 0 Å². The zero-order chi connectivity index (χ0) is 20.9. The Morgan fingerprint density at radius 3 is 2.31 bits per heavy atom. The predicted molar refractivity (Wildman–Crippen MR) is 118 cm³/mol. The van der Waals surface area contributed by atoms with E-state index in [0.29, 0.717) is 11.1 Å². The molecule has 0 aliphatic heterocycles. The Morgan fingerprint density at radius 1 is 1.00 bits per heavy atom. The SMILES string of the molecule is CCOc1ccc(N=Cc2ccc(OS(=O)(=O)c3ccc(C)cc3)c(Br)c2)cc1. The Morgan fingerprint density at radius 2 is 1.69 bits per heavy atom. The van der Waals surface area contributed by atoms with Crippen LogP contribution in [0.1, 0.15) is 18.1 Å². The van der Waals surface area contributed by atoms with Crippen LogP contribution >= 0.6 is 15.9 Å². The summed E-state index contributed by atoms with van der Waals surface area (Å²) in [5.74, 6) is 1.01. The lowest BCUT2D eigenvalue weighted by molar-refractivity contribution is 0.340. The summed E-state index contributed by atoms with van der Waals surface area (Å²) in [6, 6.07) is 19.0. The van der Waals surface area contributed by atoms with Crippen LogP contribution in [-0.2, 0) is 10.1 Å². The first-order valence-electron chi connectivity index (χ1n) is 8.95. The lowest BCUT2D eigenvalue weighted by Crippen LogP contribution is -2.10. The highest BCUT2D eigenvalue weighted by Gasteiger charge is 2.18. The van der Waals surface area contributed by atoms with Crippen molar-refractivity contribution in [3.63, 3.8) is 0 Å². The highest BCUT2D eigenvalue weighted by molar-refractivity contribution is 9.10. The van der Waals surface area contributed by atoms with E-state index < -0.39 is 10.1 Å². The molecule has 7 heteroatoms. The van der Waals surface area contributed by atoms with Crippen LogP contribution in [0.25, 0.3) is 0 Å². The number of aryl methyl sites for hydroxylation is 1. The van der Waals surface area contributed by atoms with E-state index in [1.165, 1.54) is 12.1 Å². The number of rotatable bonds is 7. The third-order valence-corrected chi connectivity index (χ3v) is 5.84. The molecular weight excluding hydrogens is 454 g/mol. The van der Waals surface area contributed by atoms with Crippen LogP contribution in [0.2, 0.25) is 0 Å². The van der Waals surface area contributed by atoms with Crippen molar-refractivity contribution in [1.29, 1.82) is 0 Å². The minimum Gasteiger partial charge on any atom is -0.494 e. The van der Waals surface area contributed by atoms with Crippen molar-refractivity contribution in [3.05, 3.63) is 82.3 Å². The van der Waals surface area contributed by atoms with E-state index in [1.54, 1.807) is 36.5 Å². The van der Waals surface area contributed by atoms with Gasteiger partial charge in [0.1, 0.15) is 10.6 Å². The fourth-order valence-corrected chi connectivity index (χ4v) is 4.01. The second kappa shape index (κ2) is 9.24. The van der Waals surface area contributed by atoms with E-state index in [4.69, 9.17) is 8.92 Å². The average molecular weight is 474 g/mol. The Bertz CT molecular complexity index is 1110. The Balaban J connectivity index is 1.73. The van der Waals surface area contributed by atoms with Crippen molar-refractivity contribution in [1.82, 2.24) is 0 Å². The summed E-state index contributed by atoms with van der Waals surface area (Å²) >= 11 is 3.37. The first kappa shape index (κ1) is 21.1. The number of benzene rings is 3. The average Bonchev–Trinajstić information content (AvgIpc) is 2.70. The molecule has 0 saturated heterocycles. The van der Waals surface area contributed by atoms with Crippen molar-refractivity contribution in [2.24, 2.45) is 4.99 Å². The number of halogens is 1. The maximum atomic E-state index is 12.5. The highest BCUT2D eigenvalue weighted by Crippen LogP contribution is 2.29. The molecule has 0 atom stereocenters. The van der Waals surface area contributed by atoms with Crippen LogP contribution in [0.4, 0.5) is 5.69 Å². The molecule has 0 amide bonds. The van der Waals surface area contributed by atoms with Gasteiger partial charge in [0.2, 0.25) is 0 Å². The van der Waals surface area contributed by atoms with Gasteiger partial charge < -0.3 is 8.92 Å². The third kappa shape index (κ3) is 5.68. The Labute approximate surface area is 179 Å². The van der Waals surface area contributed by atoms with Crippen molar-refractivity contribution < 1.29 is 17.3 Å². The van der Waals surface area contributed by atoms with Crippen molar-refractivity contribution in [2.75, 3.05) is 6.61 Å². The molecule has 0 radical (unpaired) electrons. The summed E-state index contributed by atoms with van der Waals surface area (Å²) in [6.45, 7) is 4.44. The molecule has 5 nitrogen and oxygen atoms in total. The molecule has 0 heterocycles. The van der Waals surface area contributed by atoms with Gasteiger partial charge in [-0.05, 0) is 89.9 Å². The van der Waals surface area contributed by atoms with E-state index in [1.807, 2.05) is 38.1 Å². The van der Waals surface area contributed by atoms with Crippen molar-refractivity contribution >= 4 is 38.0 Å². The molecule has 0 unspecified atom stereocenters. The molecule has 0 aliphatic carbocycles. The minimum atomic E-state index is -3.91. The normalized spacial score (nSPS) is 11.6. The van der Waals surface area contributed by atoms with Gasteiger partial charge in [-0.2, -0.15) is 8.42 Å². The second-order valence-corrected chi connectivity index (χ2v) is 8.63. The lowest BCUT2D eigenvalue weighted by Gasteiger charge is -2.09. The van der Waals surface area contributed by atoms with Gasteiger partial charge >= 0.3 is 10.1 Å². The van der Waals surface area contributed by atoms with Crippen LogP contribution in [-0.4, -0.2) is 21.2 Å². The first-order valence-corrected chi connectivity index (χ1v) is 11.1. The van der Waals surface area contributed by atoms with E-state index in [2.05, 4.69) is 20.9 Å². The molecule has 0 bridgehead atoms. The van der Waals surface area contributed by atoms with Gasteiger partial charge in [-0.15, -0.1) is 0 Å². The highest BCUT2D eigenvalue weighted by atomic mass is 79.9. The van der Waals surface area contributed by atoms with E-state index in [-0.39, 0.29) is 10.6 Å². The van der Waals surface area contributed by atoms with Gasteiger partial charge in [0.25, 0.3) is 0 Å². The molecule has 0 spiro atoms. The van der Waals surface area contributed by atoms with Crippen LogP contribution in [0.15, 0.2) is 81.1 Å². The summed E-state index contributed by atoms with van der Waals surface area (Å²) in [7, 11) is -3.91. The third-order valence-electron chi connectivity index (χ3n) is 3.98. The molecule has 150 valence electrons. The summed E-state index contributed by atoms with van der Waals surface area (Å²) in [6.07, 6.45) is 1.69. The molecule has 3 aromatic carbocycles. The summed E-state index contributed by atoms with van der Waals surface area (Å²) in [5.41, 5.74) is 2.55. The van der Waals surface area contributed by atoms with Gasteiger partial charge in [0.05, 0.1) is 16.8 Å². The molecule has 0 saturated carbocycles. The Hall–Kier alpha value is -2.64. The summed E-state index contributed by atoms with van der Waals surface area (Å²) in [4.78, 5) is 4.53. The molecule has 0 N–H and O–H groups in total. The number of aliphatic imine (C=N–C) groups is 1. The van der Waals surface area contributed by atoms with Crippen molar-refractivity contribution in [3.8, 4) is 11.5 Å². The molecule has 0 aliphatic rings. The fourth-order valence-electron chi connectivity index (χ4n) is 2.48. The van der Waals surface area contributed by atoms with Gasteiger partial charge in [0.15, 0.2) is 5.75 Å². The van der Waals surface area contributed by atoms with Gasteiger partial charge in [0, 0.05) is 6.21 Å². The van der Waals surface area contributed by atoms with E-state index in [0.717, 1.165) is 22.6 Å². The first-order chi connectivity index (χ1) is 13.9. The predicted octanol–water partition coefficient (Wildman–Crippen LogP) is 5.67. The molecule has 29 heavy (non-hydrogen) atoms. The van der Waals surface area contributed by atoms with E-state index in [9.17, 15) is 8.42 Å². The smallest absolute Gasteiger partial charge is 0.339 e. The quantitative estimate of drug-likeness (QED) is 0.327. The van der Waals surface area contributed by atoms with Crippen LogP contribution in [0.3, 0.4) is 0 Å². The van der Waals surface area contributed by atoms with Gasteiger partial charge in [-0.1, -0.05) is 17.7 Å². The zero-order valence-electron chi connectivity index (χ0n) is 16.0. The standard InChI is InChI=1S/C22H20BrNO4S/c1-3-27-19-9-7-18(8-10-19)24-15-17-6-13-22(21(23)14-17)28-29(25,26)20-11-4-16(2)5-12-20/h4-15H,3H2,1-2H3. The lowest BCUT2D eigenvalue weighted by atomic mass is 10.2. The maximum absolute atomic E-state index is 12.5. The summed E-state index contributed by atoms with van der Waals surface area (Å²) < 4.78 is 36.1. The molecule has 3 rings (SSSR count). The Kier molecular flexibility index (Phi) is 6.71. The minimum absolute atomic E-state index is 0.108. The largest absolute Gasteiger partial charge is 0.494 e. The second-order valence-electron chi connectivity index (χ2n) is 6.23. The summed E-state index contributed by atoms with van der Waals surface area (Å²) in [5, 5.41) is 0. The zero-order valence-corrected chi connectivity index (χ0v) is 18.4. The number of hydrogen-bond acceptors (Lipinski definition) is 5. The topological polar surface area (TPSA) is 65.0 Å². The van der Waals surface area contributed by atoms with Crippen LogP contribution < -0.4 is 8.92 Å². The maximum Gasteiger partial charge on any atom is 0.339 e. The van der Waals surface area contributed by atoms with Gasteiger partial charge in [-0.3, -0.25) is 4.99 Å². The molecule has 0 fully saturated rings. The van der Waals surface area contributed by atoms with Crippen molar-refractivity contribution in [2.45, 2.75) is 18.7 Å². The number of nitrogens with zero attached hydrogens (tertiary/aromatic N) is 1. The number of hydrogen-bond donors (Lipinski definition) is 0. The van der Waals surface area contributed by atoms with Gasteiger partial charge in [-0.25, -0.2) is 0 Å². The molecular formula is C22H20BrNO4S. The fraction of sp³-hybridized carbons (Fsp3) is 0.136.